The van der Waals surface area contributed by atoms with E-state index in [1.165, 1.54) is 15.6 Å². The van der Waals surface area contributed by atoms with Crippen LogP contribution in [0, 0.1) is 0 Å². The molecule has 0 unspecified atom stereocenters. The van der Waals surface area contributed by atoms with Gasteiger partial charge in [0.2, 0.25) is 0 Å². The van der Waals surface area contributed by atoms with Gasteiger partial charge in [0, 0.05) is 0 Å². The maximum absolute atomic E-state index is 6.30. The number of fused-ring (bicyclic) bond motifs is 1. The molecule has 0 radical (unpaired) electrons. The molecule has 0 bridgehead atoms. The Balaban J connectivity index is 2.44. The quantitative estimate of drug-likeness (QED) is 0.584. The average Bonchev–Trinajstić information content (AvgIpc) is 2.25. The third kappa shape index (κ3) is 1.55. The zero-order valence-corrected chi connectivity index (χ0v) is 11.0. The standard InChI is InChI=1S/C8H9Cl3Te/c9-7-5-12(10,11)8-4-2-1-3-6(7)8/h4H,1-3,5H2. The van der Waals surface area contributed by atoms with Crippen molar-refractivity contribution in [2.24, 2.45) is 0 Å². The molecule has 0 saturated carbocycles. The summed E-state index contributed by atoms with van der Waals surface area (Å²) in [5.41, 5.74) is 1.27. The average molecular weight is 339 g/mol. The van der Waals surface area contributed by atoms with Gasteiger partial charge in [0.15, 0.2) is 0 Å². The molecule has 0 nitrogen and oxygen atoms in total. The van der Waals surface area contributed by atoms with Crippen molar-refractivity contribution < 1.29 is 0 Å². The summed E-state index contributed by atoms with van der Waals surface area (Å²) in [5, 5.41) is 0.937. The molecular weight excluding hydrogens is 330 g/mol. The normalized spacial score (nSPS) is 29.8. The fourth-order valence-electron chi connectivity index (χ4n) is 1.65. The Labute approximate surface area is 88.8 Å². The molecule has 0 N–H and O–H groups in total. The van der Waals surface area contributed by atoms with Crippen molar-refractivity contribution >= 4 is 45.5 Å². The van der Waals surface area contributed by atoms with Gasteiger partial charge in [-0.3, -0.25) is 0 Å². The Kier molecular flexibility index (Phi) is 2.72. The summed E-state index contributed by atoms with van der Waals surface area (Å²) in [5.74, 6) is 0. The molecule has 0 aromatic rings. The first-order chi connectivity index (χ1) is 5.61. The summed E-state index contributed by atoms with van der Waals surface area (Å²) >= 11 is 3.40. The van der Waals surface area contributed by atoms with Gasteiger partial charge in [-0.2, -0.15) is 0 Å². The van der Waals surface area contributed by atoms with E-state index in [2.05, 4.69) is 6.08 Å². The van der Waals surface area contributed by atoms with Gasteiger partial charge < -0.3 is 0 Å². The van der Waals surface area contributed by atoms with E-state index < -0.39 is 15.9 Å². The molecular formula is C8H9Cl3Te. The van der Waals surface area contributed by atoms with Crippen molar-refractivity contribution in [3.8, 4) is 0 Å². The maximum atomic E-state index is 6.30. The van der Waals surface area contributed by atoms with E-state index >= 15 is 0 Å². The second-order valence-corrected chi connectivity index (χ2v) is 17.0. The van der Waals surface area contributed by atoms with E-state index in [1.807, 2.05) is 0 Å². The molecule has 2 aliphatic rings. The van der Waals surface area contributed by atoms with Gasteiger partial charge in [-0.1, -0.05) is 0 Å². The second kappa shape index (κ2) is 3.37. The molecule has 0 amide bonds. The number of allylic oxidation sites excluding steroid dienone is 4. The monoisotopic (exact) mass is 340 g/mol. The van der Waals surface area contributed by atoms with Crippen LogP contribution in [0.2, 0.25) is 4.47 Å². The molecule has 0 saturated heterocycles. The van der Waals surface area contributed by atoms with Crippen LogP contribution in [-0.2, 0) is 0 Å². The van der Waals surface area contributed by atoms with Crippen LogP contribution in [0.3, 0.4) is 0 Å². The van der Waals surface area contributed by atoms with Crippen molar-refractivity contribution in [3.05, 3.63) is 20.3 Å². The number of hydrogen-bond acceptors (Lipinski definition) is 0. The summed E-state index contributed by atoms with van der Waals surface area (Å²) in [7, 11) is 12.6. The van der Waals surface area contributed by atoms with Crippen molar-refractivity contribution in [3.63, 3.8) is 0 Å². The summed E-state index contributed by atoms with van der Waals surface area (Å²) < 4.78 is 2.02. The van der Waals surface area contributed by atoms with Crippen LogP contribution in [0.4, 0.5) is 0 Å². The molecule has 2 rings (SSSR count). The van der Waals surface area contributed by atoms with Gasteiger partial charge >= 0.3 is 89.5 Å². The first kappa shape index (κ1) is 9.69. The molecule has 0 spiro atoms. The third-order valence-corrected chi connectivity index (χ3v) is 11.6. The van der Waals surface area contributed by atoms with Crippen LogP contribution >= 0.6 is 29.5 Å². The predicted octanol–water partition coefficient (Wildman–Crippen LogP) is 4.06. The summed E-state index contributed by atoms with van der Waals surface area (Å²) in [6, 6.07) is 0. The molecule has 4 heteroatoms. The SMILES string of the molecule is ClC1=C2CCCC=C2[Te](Cl)(Cl)C1. The Morgan fingerprint density at radius 1 is 1.33 bits per heavy atom. The molecule has 1 aliphatic heterocycles. The fraction of sp³-hybridized carbons (Fsp3) is 0.500. The Hall–Kier alpha value is 1.14. The Morgan fingerprint density at radius 2 is 2.08 bits per heavy atom. The van der Waals surface area contributed by atoms with Crippen LogP contribution in [0.25, 0.3) is 0 Å². The van der Waals surface area contributed by atoms with Gasteiger partial charge in [-0.05, 0) is 0 Å². The van der Waals surface area contributed by atoms with Crippen molar-refractivity contribution in [1.82, 2.24) is 0 Å². The topological polar surface area (TPSA) is 0 Å². The minimum atomic E-state index is -2.69. The fourth-order valence-corrected chi connectivity index (χ4v) is 12.0. The first-order valence-corrected chi connectivity index (χ1v) is 13.0. The van der Waals surface area contributed by atoms with Crippen LogP contribution in [-0.4, -0.2) is 15.9 Å². The molecule has 1 heterocycles. The van der Waals surface area contributed by atoms with Gasteiger partial charge in [0.05, 0.1) is 0 Å². The van der Waals surface area contributed by atoms with Crippen LogP contribution in [0.5, 0.6) is 0 Å². The molecule has 12 heavy (non-hydrogen) atoms. The molecule has 0 atom stereocenters. The number of rotatable bonds is 0. The minimum absolute atomic E-state index is 0.772. The summed E-state index contributed by atoms with van der Waals surface area (Å²) in [4.78, 5) is 0. The van der Waals surface area contributed by atoms with E-state index in [0.717, 1.165) is 22.3 Å². The van der Waals surface area contributed by atoms with Crippen molar-refractivity contribution in [1.29, 1.82) is 0 Å². The van der Waals surface area contributed by atoms with E-state index in [9.17, 15) is 0 Å². The van der Waals surface area contributed by atoms with Crippen LogP contribution < -0.4 is 0 Å². The van der Waals surface area contributed by atoms with E-state index in [4.69, 9.17) is 29.5 Å². The van der Waals surface area contributed by atoms with Crippen molar-refractivity contribution in [2.45, 2.75) is 23.7 Å². The van der Waals surface area contributed by atoms with E-state index in [1.54, 1.807) is 0 Å². The summed E-state index contributed by atoms with van der Waals surface area (Å²) in [6.45, 7) is 0. The van der Waals surface area contributed by atoms with E-state index in [0.29, 0.717) is 0 Å². The number of halogens is 3. The zero-order valence-electron chi connectivity index (χ0n) is 6.45. The van der Waals surface area contributed by atoms with Gasteiger partial charge in [0.25, 0.3) is 0 Å². The van der Waals surface area contributed by atoms with Crippen molar-refractivity contribution in [2.75, 3.05) is 0 Å². The zero-order chi connectivity index (χ0) is 8.77. The molecule has 0 aromatic heterocycles. The van der Waals surface area contributed by atoms with Crippen LogP contribution in [0.15, 0.2) is 20.3 Å². The van der Waals surface area contributed by atoms with Crippen LogP contribution in [0.1, 0.15) is 19.3 Å². The molecule has 0 aromatic carbocycles. The number of hydrogen-bond donors (Lipinski definition) is 0. The van der Waals surface area contributed by atoms with Gasteiger partial charge in [-0.25, -0.2) is 0 Å². The third-order valence-electron chi connectivity index (χ3n) is 2.22. The first-order valence-electron chi connectivity index (χ1n) is 3.89. The second-order valence-electron chi connectivity index (χ2n) is 3.06. The van der Waals surface area contributed by atoms with E-state index in [-0.39, 0.29) is 0 Å². The summed E-state index contributed by atoms with van der Waals surface area (Å²) in [6.07, 6.45) is 5.60. The molecule has 0 fully saturated rings. The molecule has 68 valence electrons. The Morgan fingerprint density at radius 3 is 2.75 bits per heavy atom. The Bertz CT molecular complexity index is 278. The van der Waals surface area contributed by atoms with Gasteiger partial charge in [-0.15, -0.1) is 0 Å². The molecule has 1 aliphatic carbocycles. The predicted molar refractivity (Wildman–Crippen MR) is 57.1 cm³/mol. The van der Waals surface area contributed by atoms with Gasteiger partial charge in [0.1, 0.15) is 0 Å².